The molecule has 7 heteroatoms. The van der Waals surface area contributed by atoms with E-state index in [2.05, 4.69) is 5.32 Å². The van der Waals surface area contributed by atoms with Gasteiger partial charge in [-0.1, -0.05) is 30.9 Å². The summed E-state index contributed by atoms with van der Waals surface area (Å²) in [6.07, 6.45) is 4.57. The Balaban J connectivity index is 1.66. The molecular weight excluding hydrogens is 335 g/mol. The van der Waals surface area contributed by atoms with Gasteiger partial charge in [0.15, 0.2) is 0 Å². The van der Waals surface area contributed by atoms with Gasteiger partial charge in [0.2, 0.25) is 17.7 Å². The number of carbonyl (C=O) groups is 3. The van der Waals surface area contributed by atoms with Gasteiger partial charge in [-0.25, -0.2) is 4.39 Å². The van der Waals surface area contributed by atoms with Crippen molar-refractivity contribution < 1.29 is 18.8 Å². The maximum Gasteiger partial charge on any atom is 0.244 e. The fourth-order valence-corrected chi connectivity index (χ4v) is 3.74. The molecule has 1 aromatic carbocycles. The summed E-state index contributed by atoms with van der Waals surface area (Å²) in [5, 5.41) is 2.42. The van der Waals surface area contributed by atoms with Gasteiger partial charge in [-0.2, -0.15) is 0 Å². The highest BCUT2D eigenvalue weighted by atomic mass is 35.5. The number of hydrogen-bond acceptors (Lipinski definition) is 3. The SMILES string of the molecule is O=C(CN1C(=O)CC2(CCCCC2)C1=O)Nc1ccc(F)c(Cl)c1. The van der Waals surface area contributed by atoms with Crippen molar-refractivity contribution in [2.24, 2.45) is 5.41 Å². The number of carbonyl (C=O) groups excluding carboxylic acids is 3. The van der Waals surface area contributed by atoms with E-state index >= 15 is 0 Å². The molecule has 0 atom stereocenters. The summed E-state index contributed by atoms with van der Waals surface area (Å²) in [4.78, 5) is 38.0. The summed E-state index contributed by atoms with van der Waals surface area (Å²) in [7, 11) is 0. The van der Waals surface area contributed by atoms with Crippen molar-refractivity contribution in [2.45, 2.75) is 38.5 Å². The molecule has 5 nitrogen and oxygen atoms in total. The van der Waals surface area contributed by atoms with Gasteiger partial charge in [-0.15, -0.1) is 0 Å². The Morgan fingerprint density at radius 2 is 1.96 bits per heavy atom. The van der Waals surface area contributed by atoms with Crippen LogP contribution in [0, 0.1) is 11.2 Å². The predicted octanol–water partition coefficient (Wildman–Crippen LogP) is 3.13. The lowest BCUT2D eigenvalue weighted by molar-refractivity contribution is -0.144. The molecule has 1 saturated heterocycles. The van der Waals surface area contributed by atoms with E-state index in [4.69, 9.17) is 11.6 Å². The highest BCUT2D eigenvalue weighted by Crippen LogP contribution is 2.45. The lowest BCUT2D eigenvalue weighted by Gasteiger charge is -2.30. The Kier molecular flexibility index (Phi) is 4.58. The van der Waals surface area contributed by atoms with E-state index in [-0.39, 0.29) is 29.8 Å². The molecular formula is C17H18ClFN2O3. The summed E-state index contributed by atoms with van der Waals surface area (Å²) >= 11 is 5.67. The van der Waals surface area contributed by atoms with Crippen LogP contribution in [0.25, 0.3) is 0 Å². The van der Waals surface area contributed by atoms with Crippen molar-refractivity contribution in [3.05, 3.63) is 29.0 Å². The molecule has 1 N–H and O–H groups in total. The molecule has 3 amide bonds. The monoisotopic (exact) mass is 352 g/mol. The lowest BCUT2D eigenvalue weighted by atomic mass is 9.73. The molecule has 0 bridgehead atoms. The summed E-state index contributed by atoms with van der Waals surface area (Å²) < 4.78 is 13.1. The zero-order valence-electron chi connectivity index (χ0n) is 13.1. The van der Waals surface area contributed by atoms with Gasteiger partial charge >= 0.3 is 0 Å². The smallest absolute Gasteiger partial charge is 0.244 e. The molecule has 3 rings (SSSR count). The van der Waals surface area contributed by atoms with E-state index in [9.17, 15) is 18.8 Å². The number of imide groups is 1. The number of benzene rings is 1. The third-order valence-electron chi connectivity index (χ3n) is 4.81. The second kappa shape index (κ2) is 6.51. The van der Waals surface area contributed by atoms with Gasteiger partial charge in [0.05, 0.1) is 10.4 Å². The summed E-state index contributed by atoms with van der Waals surface area (Å²) in [5.41, 5.74) is -0.285. The molecule has 0 radical (unpaired) electrons. The standard InChI is InChI=1S/C17H18ClFN2O3/c18-12-8-11(4-5-13(12)19)20-14(22)10-21-15(23)9-17(16(21)24)6-2-1-3-7-17/h4-5,8H,1-3,6-7,9-10H2,(H,20,22). The Hall–Kier alpha value is -1.95. The summed E-state index contributed by atoms with van der Waals surface area (Å²) in [6.45, 7) is -0.325. The quantitative estimate of drug-likeness (QED) is 0.850. The molecule has 1 heterocycles. The number of halogens is 2. The Labute approximate surface area is 144 Å². The third kappa shape index (κ3) is 3.15. The van der Waals surface area contributed by atoms with Gasteiger partial charge in [0, 0.05) is 12.1 Å². The van der Waals surface area contributed by atoms with Crippen molar-refractivity contribution >= 4 is 35.0 Å². The minimum absolute atomic E-state index is 0.109. The van der Waals surface area contributed by atoms with E-state index in [1.165, 1.54) is 12.1 Å². The van der Waals surface area contributed by atoms with E-state index in [0.29, 0.717) is 18.5 Å². The summed E-state index contributed by atoms with van der Waals surface area (Å²) in [5.74, 6) is -1.63. The van der Waals surface area contributed by atoms with Crippen LogP contribution in [-0.2, 0) is 14.4 Å². The van der Waals surface area contributed by atoms with Crippen molar-refractivity contribution in [2.75, 3.05) is 11.9 Å². The lowest BCUT2D eigenvalue weighted by Crippen LogP contribution is -2.41. The van der Waals surface area contributed by atoms with Gasteiger partial charge < -0.3 is 5.32 Å². The van der Waals surface area contributed by atoms with Gasteiger partial charge in [0.1, 0.15) is 12.4 Å². The Morgan fingerprint density at radius 1 is 1.25 bits per heavy atom. The van der Waals surface area contributed by atoms with Crippen LogP contribution in [0.5, 0.6) is 0 Å². The molecule has 1 aliphatic heterocycles. The molecule has 1 aliphatic carbocycles. The van der Waals surface area contributed by atoms with Crippen LogP contribution in [0.4, 0.5) is 10.1 Å². The molecule has 1 spiro atoms. The molecule has 2 aliphatic rings. The first-order chi connectivity index (χ1) is 11.4. The maximum absolute atomic E-state index is 13.1. The Bertz CT molecular complexity index is 701. The van der Waals surface area contributed by atoms with E-state index in [0.717, 1.165) is 30.2 Å². The first-order valence-electron chi connectivity index (χ1n) is 8.01. The molecule has 24 heavy (non-hydrogen) atoms. The maximum atomic E-state index is 13.1. The fraction of sp³-hybridized carbons (Fsp3) is 0.471. The largest absolute Gasteiger partial charge is 0.324 e. The number of rotatable bonds is 3. The van der Waals surface area contributed by atoms with Crippen LogP contribution in [0.3, 0.4) is 0 Å². The molecule has 1 aromatic rings. The normalized spacial score (nSPS) is 19.8. The van der Waals surface area contributed by atoms with Gasteiger partial charge in [-0.3, -0.25) is 19.3 Å². The first-order valence-corrected chi connectivity index (χ1v) is 8.39. The number of anilines is 1. The average molecular weight is 353 g/mol. The van der Waals surface area contributed by atoms with Crippen LogP contribution in [0.2, 0.25) is 5.02 Å². The van der Waals surface area contributed by atoms with Crippen LogP contribution in [0.1, 0.15) is 38.5 Å². The zero-order valence-corrected chi connectivity index (χ0v) is 13.9. The number of likely N-dealkylation sites (tertiary alicyclic amines) is 1. The number of nitrogens with one attached hydrogen (secondary N) is 1. The molecule has 2 fully saturated rings. The topological polar surface area (TPSA) is 66.5 Å². The molecule has 1 saturated carbocycles. The van der Waals surface area contributed by atoms with Crippen molar-refractivity contribution in [3.8, 4) is 0 Å². The van der Waals surface area contributed by atoms with Crippen molar-refractivity contribution in [3.63, 3.8) is 0 Å². The third-order valence-corrected chi connectivity index (χ3v) is 5.09. The fourth-order valence-electron chi connectivity index (χ4n) is 3.56. The Morgan fingerprint density at radius 3 is 2.62 bits per heavy atom. The first kappa shape index (κ1) is 16.9. The van der Waals surface area contributed by atoms with E-state index in [1.54, 1.807) is 0 Å². The van der Waals surface area contributed by atoms with Gasteiger partial charge in [-0.05, 0) is 31.0 Å². The minimum atomic E-state index is -0.602. The average Bonchev–Trinajstić information content (AvgIpc) is 2.76. The van der Waals surface area contributed by atoms with Crippen LogP contribution < -0.4 is 5.32 Å². The molecule has 0 unspecified atom stereocenters. The van der Waals surface area contributed by atoms with Crippen molar-refractivity contribution in [1.29, 1.82) is 0 Å². The van der Waals surface area contributed by atoms with Gasteiger partial charge in [0.25, 0.3) is 0 Å². The van der Waals surface area contributed by atoms with Crippen LogP contribution >= 0.6 is 11.6 Å². The molecule has 128 valence electrons. The zero-order chi connectivity index (χ0) is 17.3. The minimum Gasteiger partial charge on any atom is -0.324 e. The van der Waals surface area contributed by atoms with Crippen molar-refractivity contribution in [1.82, 2.24) is 4.90 Å². The second-order valence-electron chi connectivity index (χ2n) is 6.48. The summed E-state index contributed by atoms with van der Waals surface area (Å²) in [6, 6.07) is 3.79. The number of amides is 3. The predicted molar refractivity (Wildman–Crippen MR) is 86.9 cm³/mol. The highest BCUT2D eigenvalue weighted by molar-refractivity contribution is 6.31. The van der Waals surface area contributed by atoms with Crippen LogP contribution in [0.15, 0.2) is 18.2 Å². The highest BCUT2D eigenvalue weighted by Gasteiger charge is 2.51. The van der Waals surface area contributed by atoms with E-state index < -0.39 is 17.1 Å². The molecule has 0 aromatic heterocycles. The number of hydrogen-bond donors (Lipinski definition) is 1. The van der Waals surface area contributed by atoms with Crippen LogP contribution in [-0.4, -0.2) is 29.2 Å². The second-order valence-corrected chi connectivity index (χ2v) is 6.89. The number of nitrogens with zero attached hydrogens (tertiary/aromatic N) is 1. The van der Waals surface area contributed by atoms with E-state index in [1.807, 2.05) is 0 Å².